The highest BCUT2D eigenvalue weighted by molar-refractivity contribution is 5.60. The van der Waals surface area contributed by atoms with Crippen molar-refractivity contribution in [2.75, 3.05) is 11.9 Å². The number of fused-ring (bicyclic) bond motifs is 1. The normalized spacial score (nSPS) is 14.6. The van der Waals surface area contributed by atoms with Crippen molar-refractivity contribution in [1.82, 2.24) is 0 Å². The third-order valence-corrected chi connectivity index (χ3v) is 2.12. The van der Waals surface area contributed by atoms with Gasteiger partial charge < -0.3 is 10.0 Å². The standard InChI is InChI=1S/C10H11NO/c1-11-6-2-3-8-4-5-9(12)7-10(8)11/h2,4-7,12H,3H2,1H3. The van der Waals surface area contributed by atoms with E-state index in [4.69, 9.17) is 0 Å². The number of anilines is 1. The first-order chi connectivity index (χ1) is 5.77. The molecule has 1 heterocycles. The molecule has 0 atom stereocenters. The Bertz CT molecular complexity index is 331. The molecule has 0 saturated carbocycles. The molecule has 1 N–H and O–H groups in total. The molecule has 0 bridgehead atoms. The van der Waals surface area contributed by atoms with Crippen LogP contribution in [0.1, 0.15) is 5.56 Å². The highest BCUT2D eigenvalue weighted by Gasteiger charge is 2.08. The Kier molecular flexibility index (Phi) is 1.54. The summed E-state index contributed by atoms with van der Waals surface area (Å²) in [6.45, 7) is 0. The first kappa shape index (κ1) is 7.22. The van der Waals surface area contributed by atoms with Crippen LogP contribution in [0.2, 0.25) is 0 Å². The molecule has 2 heteroatoms. The van der Waals surface area contributed by atoms with Gasteiger partial charge in [0.05, 0.1) is 0 Å². The number of hydrogen-bond donors (Lipinski definition) is 1. The zero-order valence-corrected chi connectivity index (χ0v) is 6.99. The van der Waals surface area contributed by atoms with Crippen LogP contribution in [0, 0.1) is 0 Å². The average molecular weight is 161 g/mol. The maximum Gasteiger partial charge on any atom is 0.117 e. The van der Waals surface area contributed by atoms with Crippen molar-refractivity contribution in [1.29, 1.82) is 0 Å². The molecule has 0 amide bonds. The minimum absolute atomic E-state index is 0.330. The van der Waals surface area contributed by atoms with E-state index in [9.17, 15) is 5.11 Å². The van der Waals surface area contributed by atoms with E-state index in [0.717, 1.165) is 12.1 Å². The lowest BCUT2D eigenvalue weighted by Gasteiger charge is -2.21. The van der Waals surface area contributed by atoms with Crippen molar-refractivity contribution in [3.05, 3.63) is 36.0 Å². The molecule has 0 unspecified atom stereocenters. The van der Waals surface area contributed by atoms with Crippen LogP contribution in [0.4, 0.5) is 5.69 Å². The summed E-state index contributed by atoms with van der Waals surface area (Å²) >= 11 is 0. The smallest absolute Gasteiger partial charge is 0.117 e. The highest BCUT2D eigenvalue weighted by Crippen LogP contribution is 2.27. The first-order valence-electron chi connectivity index (χ1n) is 3.99. The van der Waals surface area contributed by atoms with Gasteiger partial charge in [0.2, 0.25) is 0 Å². The first-order valence-corrected chi connectivity index (χ1v) is 3.99. The summed E-state index contributed by atoms with van der Waals surface area (Å²) in [7, 11) is 1.98. The third kappa shape index (κ3) is 1.05. The number of phenolic OH excluding ortho intramolecular Hbond substituents is 1. The molecule has 62 valence electrons. The van der Waals surface area contributed by atoms with Crippen LogP contribution in [0.5, 0.6) is 5.75 Å². The Morgan fingerprint density at radius 1 is 1.42 bits per heavy atom. The van der Waals surface area contributed by atoms with Crippen LogP contribution in [0.25, 0.3) is 0 Å². The lowest BCUT2D eigenvalue weighted by molar-refractivity contribution is 0.475. The van der Waals surface area contributed by atoms with Gasteiger partial charge in [0.15, 0.2) is 0 Å². The molecule has 0 radical (unpaired) electrons. The Morgan fingerprint density at radius 3 is 3.08 bits per heavy atom. The number of aromatic hydroxyl groups is 1. The summed E-state index contributed by atoms with van der Waals surface area (Å²) in [6.07, 6.45) is 5.08. The molecule has 0 spiro atoms. The maximum atomic E-state index is 9.26. The number of benzene rings is 1. The van der Waals surface area contributed by atoms with Crippen molar-refractivity contribution < 1.29 is 5.11 Å². The number of phenols is 1. The van der Waals surface area contributed by atoms with E-state index in [1.165, 1.54) is 5.56 Å². The minimum atomic E-state index is 0.330. The van der Waals surface area contributed by atoms with Gasteiger partial charge in [0.1, 0.15) is 5.75 Å². The van der Waals surface area contributed by atoms with Crippen LogP contribution in [0.15, 0.2) is 30.5 Å². The van der Waals surface area contributed by atoms with E-state index in [1.807, 2.05) is 24.2 Å². The molecule has 1 aromatic carbocycles. The van der Waals surface area contributed by atoms with Crippen molar-refractivity contribution in [3.8, 4) is 5.75 Å². The second-order valence-corrected chi connectivity index (χ2v) is 3.01. The Morgan fingerprint density at radius 2 is 2.25 bits per heavy atom. The van der Waals surface area contributed by atoms with Gasteiger partial charge in [-0.05, 0) is 18.1 Å². The van der Waals surface area contributed by atoms with Crippen LogP contribution in [-0.4, -0.2) is 12.2 Å². The summed E-state index contributed by atoms with van der Waals surface area (Å²) in [6, 6.07) is 5.48. The number of rotatable bonds is 0. The summed E-state index contributed by atoms with van der Waals surface area (Å²) in [5, 5.41) is 9.26. The van der Waals surface area contributed by atoms with Crippen LogP contribution in [-0.2, 0) is 6.42 Å². The maximum absolute atomic E-state index is 9.26. The van der Waals surface area contributed by atoms with Crippen LogP contribution in [0.3, 0.4) is 0 Å². The fraction of sp³-hybridized carbons (Fsp3) is 0.200. The van der Waals surface area contributed by atoms with Crippen LogP contribution < -0.4 is 4.90 Å². The fourth-order valence-electron chi connectivity index (χ4n) is 1.47. The topological polar surface area (TPSA) is 23.5 Å². The van der Waals surface area contributed by atoms with E-state index < -0.39 is 0 Å². The Balaban J connectivity index is 2.52. The van der Waals surface area contributed by atoms with Crippen molar-refractivity contribution in [2.24, 2.45) is 0 Å². The van der Waals surface area contributed by atoms with Gasteiger partial charge in [-0.3, -0.25) is 0 Å². The third-order valence-electron chi connectivity index (χ3n) is 2.12. The largest absolute Gasteiger partial charge is 0.508 e. The van der Waals surface area contributed by atoms with E-state index in [-0.39, 0.29) is 0 Å². The molecule has 1 aliphatic rings. The van der Waals surface area contributed by atoms with Crippen molar-refractivity contribution in [2.45, 2.75) is 6.42 Å². The molecule has 0 aromatic heterocycles. The van der Waals surface area contributed by atoms with Gasteiger partial charge in [-0.25, -0.2) is 0 Å². The zero-order chi connectivity index (χ0) is 8.55. The molecular formula is C10H11NO. The lowest BCUT2D eigenvalue weighted by atomic mass is 10.1. The highest BCUT2D eigenvalue weighted by atomic mass is 16.3. The van der Waals surface area contributed by atoms with Gasteiger partial charge in [0, 0.05) is 25.0 Å². The second kappa shape index (κ2) is 2.55. The minimum Gasteiger partial charge on any atom is -0.508 e. The van der Waals surface area contributed by atoms with E-state index in [2.05, 4.69) is 6.08 Å². The zero-order valence-electron chi connectivity index (χ0n) is 6.99. The van der Waals surface area contributed by atoms with Gasteiger partial charge >= 0.3 is 0 Å². The summed E-state index contributed by atoms with van der Waals surface area (Å²) in [5.41, 5.74) is 2.36. The van der Waals surface area contributed by atoms with Gasteiger partial charge in [0.25, 0.3) is 0 Å². The predicted molar refractivity (Wildman–Crippen MR) is 49.4 cm³/mol. The molecule has 1 aliphatic heterocycles. The molecule has 0 fully saturated rings. The number of hydrogen-bond acceptors (Lipinski definition) is 2. The second-order valence-electron chi connectivity index (χ2n) is 3.01. The molecule has 2 rings (SSSR count). The van der Waals surface area contributed by atoms with Crippen LogP contribution >= 0.6 is 0 Å². The fourth-order valence-corrected chi connectivity index (χ4v) is 1.47. The molecule has 12 heavy (non-hydrogen) atoms. The van der Waals surface area contributed by atoms with Gasteiger partial charge in [-0.2, -0.15) is 0 Å². The summed E-state index contributed by atoms with van der Waals surface area (Å²) in [4.78, 5) is 2.01. The molecule has 2 nitrogen and oxygen atoms in total. The summed E-state index contributed by atoms with van der Waals surface area (Å²) < 4.78 is 0. The van der Waals surface area contributed by atoms with E-state index >= 15 is 0 Å². The molecule has 0 saturated heterocycles. The van der Waals surface area contributed by atoms with E-state index in [0.29, 0.717) is 5.75 Å². The predicted octanol–water partition coefficient (Wildman–Crippen LogP) is 1.90. The molecular weight excluding hydrogens is 150 g/mol. The average Bonchev–Trinajstić information content (AvgIpc) is 2.07. The number of nitrogens with zero attached hydrogens (tertiary/aromatic N) is 1. The Labute approximate surface area is 71.7 Å². The summed E-state index contributed by atoms with van der Waals surface area (Å²) in [5.74, 6) is 0.330. The van der Waals surface area contributed by atoms with E-state index in [1.54, 1.807) is 12.1 Å². The monoisotopic (exact) mass is 161 g/mol. The SMILES string of the molecule is CN1C=CCc2ccc(O)cc21. The van der Waals surface area contributed by atoms with Gasteiger partial charge in [-0.15, -0.1) is 0 Å². The van der Waals surface area contributed by atoms with Crippen molar-refractivity contribution in [3.63, 3.8) is 0 Å². The Hall–Kier alpha value is -1.44. The van der Waals surface area contributed by atoms with Gasteiger partial charge in [-0.1, -0.05) is 12.1 Å². The van der Waals surface area contributed by atoms with Crippen molar-refractivity contribution >= 4 is 5.69 Å². The quantitative estimate of drug-likeness (QED) is 0.628. The lowest BCUT2D eigenvalue weighted by Crippen LogP contribution is -2.13. The number of allylic oxidation sites excluding steroid dienone is 1. The molecule has 0 aliphatic carbocycles. The molecule has 1 aromatic rings.